The number of nitrogens with one attached hydrogen (secondary N) is 1. The van der Waals surface area contributed by atoms with Crippen molar-refractivity contribution < 1.29 is 14.3 Å². The number of thiophene rings is 2. The van der Waals surface area contributed by atoms with Crippen molar-refractivity contribution in [2.45, 2.75) is 51.6 Å². The molecule has 0 unspecified atom stereocenters. The van der Waals surface area contributed by atoms with Crippen LogP contribution in [0.1, 0.15) is 55.2 Å². The molecular formula is C22H23NO3S2. The van der Waals surface area contributed by atoms with Crippen LogP contribution in [-0.4, -0.2) is 17.9 Å². The number of esters is 1. The van der Waals surface area contributed by atoms with Gasteiger partial charge in [-0.05, 0) is 50.1 Å². The van der Waals surface area contributed by atoms with E-state index in [-0.39, 0.29) is 29.7 Å². The highest BCUT2D eigenvalue weighted by molar-refractivity contribution is 7.10. The van der Waals surface area contributed by atoms with E-state index in [1.54, 1.807) is 22.7 Å². The smallest absolute Gasteiger partial charge is 0.337 e. The van der Waals surface area contributed by atoms with Crippen LogP contribution in [0.5, 0.6) is 0 Å². The Kier molecular flexibility index (Phi) is 5.25. The third-order valence-corrected chi connectivity index (χ3v) is 7.14. The standard InChI is InChI=1S/C22H23NO3S2/c1-12(2)26-22(25)19-13(3)23-15-10-14(17-6-4-8-27-17)11-16(24)20(15)21(19)18-7-5-9-28-18/h4-9,12,14,21,23H,10-11H2,1-3H3/t14-,21+/m1/s1. The molecule has 1 aliphatic carbocycles. The van der Waals surface area contributed by atoms with Gasteiger partial charge in [0.1, 0.15) is 0 Å². The second-order valence-electron chi connectivity index (χ2n) is 7.50. The molecule has 0 radical (unpaired) electrons. The van der Waals surface area contributed by atoms with Crippen molar-refractivity contribution >= 4 is 34.4 Å². The van der Waals surface area contributed by atoms with E-state index in [0.29, 0.717) is 12.0 Å². The average Bonchev–Trinajstić information content (AvgIpc) is 3.33. The first kappa shape index (κ1) is 19.2. The quantitative estimate of drug-likeness (QED) is 0.707. The van der Waals surface area contributed by atoms with Gasteiger partial charge in [0.2, 0.25) is 0 Å². The number of allylic oxidation sites excluding steroid dienone is 3. The minimum Gasteiger partial charge on any atom is -0.460 e. The lowest BCUT2D eigenvalue weighted by molar-refractivity contribution is -0.143. The summed E-state index contributed by atoms with van der Waals surface area (Å²) in [7, 11) is 0. The average molecular weight is 414 g/mol. The Hall–Kier alpha value is -2.18. The molecule has 0 bridgehead atoms. The summed E-state index contributed by atoms with van der Waals surface area (Å²) in [5, 5.41) is 7.42. The summed E-state index contributed by atoms with van der Waals surface area (Å²) in [6.07, 6.45) is 1.05. The predicted octanol–water partition coefficient (Wildman–Crippen LogP) is 5.12. The van der Waals surface area contributed by atoms with Gasteiger partial charge in [-0.2, -0.15) is 0 Å². The summed E-state index contributed by atoms with van der Waals surface area (Å²) >= 11 is 3.27. The van der Waals surface area contributed by atoms with Crippen LogP contribution in [0.3, 0.4) is 0 Å². The number of Topliss-reactive ketones (excluding diaryl/α,β-unsaturated/α-hetero) is 1. The largest absolute Gasteiger partial charge is 0.460 e. The number of ether oxygens (including phenoxy) is 1. The maximum Gasteiger partial charge on any atom is 0.337 e. The first-order chi connectivity index (χ1) is 13.5. The van der Waals surface area contributed by atoms with Crippen LogP contribution in [0, 0.1) is 0 Å². The maximum absolute atomic E-state index is 13.3. The van der Waals surface area contributed by atoms with E-state index in [1.807, 2.05) is 44.4 Å². The van der Waals surface area contributed by atoms with Crippen molar-refractivity contribution in [1.29, 1.82) is 0 Å². The lowest BCUT2D eigenvalue weighted by Crippen LogP contribution is -2.36. The molecule has 0 saturated heterocycles. The van der Waals surface area contributed by atoms with Crippen molar-refractivity contribution in [2.75, 3.05) is 0 Å². The molecule has 4 rings (SSSR count). The zero-order valence-corrected chi connectivity index (χ0v) is 17.8. The van der Waals surface area contributed by atoms with Crippen molar-refractivity contribution in [2.24, 2.45) is 0 Å². The molecule has 0 saturated carbocycles. The van der Waals surface area contributed by atoms with Crippen LogP contribution in [0.2, 0.25) is 0 Å². The first-order valence-corrected chi connectivity index (χ1v) is 11.2. The van der Waals surface area contributed by atoms with Crippen LogP contribution in [-0.2, 0) is 14.3 Å². The third kappa shape index (κ3) is 3.47. The Morgan fingerprint density at radius 2 is 1.82 bits per heavy atom. The van der Waals surface area contributed by atoms with Gasteiger partial charge in [0.05, 0.1) is 17.6 Å². The monoisotopic (exact) mass is 413 g/mol. The van der Waals surface area contributed by atoms with Gasteiger partial charge in [0, 0.05) is 39.1 Å². The Labute approximate surface area is 172 Å². The lowest BCUT2D eigenvalue weighted by atomic mass is 9.74. The molecule has 2 atom stereocenters. The van der Waals surface area contributed by atoms with Crippen molar-refractivity contribution in [1.82, 2.24) is 5.32 Å². The SMILES string of the molecule is CC1=C(C(=O)OC(C)C)[C@H](c2cccs2)C2=C(C[C@@H](c3cccs3)CC2=O)N1. The highest BCUT2D eigenvalue weighted by atomic mass is 32.1. The van der Waals surface area contributed by atoms with Crippen LogP contribution < -0.4 is 5.32 Å². The first-order valence-electron chi connectivity index (χ1n) is 9.47. The fraction of sp³-hybridized carbons (Fsp3) is 0.364. The van der Waals surface area contributed by atoms with E-state index in [1.165, 1.54) is 4.88 Å². The van der Waals surface area contributed by atoms with Crippen molar-refractivity contribution in [3.63, 3.8) is 0 Å². The molecule has 1 aliphatic heterocycles. The van der Waals surface area contributed by atoms with Gasteiger partial charge in [-0.15, -0.1) is 22.7 Å². The highest BCUT2D eigenvalue weighted by Gasteiger charge is 2.42. The number of hydrogen-bond acceptors (Lipinski definition) is 6. The van der Waals surface area contributed by atoms with Gasteiger partial charge in [-0.3, -0.25) is 4.79 Å². The lowest BCUT2D eigenvalue weighted by Gasteiger charge is -2.36. The molecule has 2 aliphatic rings. The second-order valence-corrected chi connectivity index (χ2v) is 9.46. The summed E-state index contributed by atoms with van der Waals surface area (Å²) in [5.74, 6) is -0.384. The van der Waals surface area contributed by atoms with Crippen molar-refractivity contribution in [3.8, 4) is 0 Å². The van der Waals surface area contributed by atoms with Crippen LogP contribution in [0.4, 0.5) is 0 Å². The van der Waals surface area contributed by atoms with Crippen molar-refractivity contribution in [3.05, 3.63) is 67.3 Å². The molecule has 0 fully saturated rings. The van der Waals surface area contributed by atoms with Gasteiger partial charge < -0.3 is 10.1 Å². The Morgan fingerprint density at radius 3 is 2.43 bits per heavy atom. The molecule has 146 valence electrons. The van der Waals surface area contributed by atoms with Gasteiger partial charge >= 0.3 is 5.97 Å². The molecule has 2 aromatic heterocycles. The zero-order chi connectivity index (χ0) is 19.8. The molecule has 0 amide bonds. The van der Waals surface area contributed by atoms with Gasteiger partial charge in [-0.1, -0.05) is 12.1 Å². The normalized spacial score (nSPS) is 22.4. The number of ketones is 1. The van der Waals surface area contributed by atoms with E-state index >= 15 is 0 Å². The molecule has 4 nitrogen and oxygen atoms in total. The Morgan fingerprint density at radius 1 is 1.14 bits per heavy atom. The van der Waals surface area contributed by atoms with Crippen LogP contribution in [0.15, 0.2) is 57.6 Å². The van der Waals surface area contributed by atoms with Gasteiger partial charge in [0.15, 0.2) is 5.78 Å². The molecule has 28 heavy (non-hydrogen) atoms. The fourth-order valence-corrected chi connectivity index (χ4v) is 5.73. The van der Waals surface area contributed by atoms with Crippen LogP contribution in [0.25, 0.3) is 0 Å². The molecule has 1 N–H and O–H groups in total. The molecule has 6 heteroatoms. The van der Waals surface area contributed by atoms with Gasteiger partial charge in [-0.25, -0.2) is 4.79 Å². The van der Waals surface area contributed by atoms with E-state index in [0.717, 1.165) is 28.3 Å². The Bertz CT molecular complexity index is 952. The van der Waals surface area contributed by atoms with E-state index in [4.69, 9.17) is 4.74 Å². The molecule has 3 heterocycles. The van der Waals surface area contributed by atoms with E-state index in [2.05, 4.69) is 16.8 Å². The second kappa shape index (κ2) is 7.68. The number of carbonyl (C=O) groups is 2. The number of carbonyl (C=O) groups excluding carboxylic acids is 2. The summed E-state index contributed by atoms with van der Waals surface area (Å²) in [6, 6.07) is 8.09. The molecule has 0 spiro atoms. The molecule has 2 aromatic rings. The summed E-state index contributed by atoms with van der Waals surface area (Å²) in [6.45, 7) is 5.58. The minimum atomic E-state index is -0.349. The summed E-state index contributed by atoms with van der Waals surface area (Å²) in [5.41, 5.74) is 3.02. The topological polar surface area (TPSA) is 55.4 Å². The highest BCUT2D eigenvalue weighted by Crippen LogP contribution is 2.47. The van der Waals surface area contributed by atoms with Crippen LogP contribution >= 0.6 is 22.7 Å². The van der Waals surface area contributed by atoms with E-state index in [9.17, 15) is 9.59 Å². The van der Waals surface area contributed by atoms with Gasteiger partial charge in [0.25, 0.3) is 0 Å². The molecular weight excluding hydrogens is 390 g/mol. The Balaban J connectivity index is 1.77. The molecule has 0 aromatic carbocycles. The summed E-state index contributed by atoms with van der Waals surface area (Å²) < 4.78 is 5.52. The third-order valence-electron chi connectivity index (χ3n) is 5.16. The zero-order valence-electron chi connectivity index (χ0n) is 16.2. The number of dihydropyridines is 1. The van der Waals surface area contributed by atoms with E-state index < -0.39 is 0 Å². The number of rotatable bonds is 4. The number of hydrogen-bond donors (Lipinski definition) is 1. The summed E-state index contributed by atoms with van der Waals surface area (Å²) in [4.78, 5) is 28.4. The predicted molar refractivity (Wildman–Crippen MR) is 112 cm³/mol. The maximum atomic E-state index is 13.3. The fourth-order valence-electron chi connectivity index (χ4n) is 4.05. The minimum absolute atomic E-state index is 0.118.